The van der Waals surface area contributed by atoms with Crippen molar-refractivity contribution < 1.29 is 9.32 Å². The van der Waals surface area contributed by atoms with Gasteiger partial charge in [-0.25, -0.2) is 4.98 Å². The molecule has 43 heavy (non-hydrogen) atoms. The van der Waals surface area contributed by atoms with Crippen molar-refractivity contribution in [2.24, 2.45) is 5.92 Å². The standard InChI is InChI=1S/C36H39N5O2/c1-25-11-13-27(14-12-25)23-31-37-35(41-20-6-19-40(21-22-41)32(42)18-15-26-7-2-3-8-26)33-34(39-43-36(33)38-31)30-17-16-28-9-4-5-10-29(28)24-30/h4-5,9-14,16-17,24,26H,2-3,6-8,15,18-23H2,1H3. The summed E-state index contributed by atoms with van der Waals surface area (Å²) in [4.78, 5) is 27.6. The van der Waals surface area contributed by atoms with Crippen LogP contribution in [0.15, 0.2) is 71.3 Å². The summed E-state index contributed by atoms with van der Waals surface area (Å²) in [6.07, 6.45) is 8.41. The molecule has 0 spiro atoms. The second-order valence-corrected chi connectivity index (χ2v) is 12.3. The maximum atomic E-state index is 13.2. The van der Waals surface area contributed by atoms with Crippen LogP contribution in [-0.4, -0.2) is 52.1 Å². The summed E-state index contributed by atoms with van der Waals surface area (Å²) in [6.45, 7) is 5.10. The van der Waals surface area contributed by atoms with Gasteiger partial charge in [0.05, 0.1) is 0 Å². The molecular formula is C36H39N5O2. The van der Waals surface area contributed by atoms with Crippen LogP contribution < -0.4 is 4.90 Å². The van der Waals surface area contributed by atoms with Crippen LogP contribution in [0.1, 0.15) is 61.9 Å². The molecule has 0 bridgehead atoms. The number of aromatic nitrogens is 3. The highest BCUT2D eigenvalue weighted by Crippen LogP contribution is 2.36. The van der Waals surface area contributed by atoms with E-state index in [0.29, 0.717) is 43.4 Å². The van der Waals surface area contributed by atoms with Crippen molar-refractivity contribution in [3.63, 3.8) is 0 Å². The zero-order chi connectivity index (χ0) is 29.2. The van der Waals surface area contributed by atoms with Gasteiger partial charge in [-0.15, -0.1) is 0 Å². The van der Waals surface area contributed by atoms with Gasteiger partial charge in [0.15, 0.2) is 0 Å². The van der Waals surface area contributed by atoms with E-state index >= 15 is 0 Å². The Morgan fingerprint density at radius 1 is 0.884 bits per heavy atom. The summed E-state index contributed by atoms with van der Waals surface area (Å²) in [5, 5.41) is 7.72. The van der Waals surface area contributed by atoms with Crippen molar-refractivity contribution in [1.29, 1.82) is 0 Å². The second-order valence-electron chi connectivity index (χ2n) is 12.3. The number of amides is 1. The van der Waals surface area contributed by atoms with E-state index in [0.717, 1.165) is 65.3 Å². The molecule has 1 saturated heterocycles. The van der Waals surface area contributed by atoms with Gasteiger partial charge in [0.1, 0.15) is 22.7 Å². The van der Waals surface area contributed by atoms with Crippen molar-refractivity contribution in [1.82, 2.24) is 20.0 Å². The monoisotopic (exact) mass is 573 g/mol. The molecule has 2 aromatic heterocycles. The molecule has 1 aliphatic heterocycles. The first kappa shape index (κ1) is 27.6. The Kier molecular flexibility index (Phi) is 7.79. The van der Waals surface area contributed by atoms with Crippen molar-refractivity contribution in [2.75, 3.05) is 31.1 Å². The average Bonchev–Trinajstić information content (AvgIpc) is 3.65. The molecular weight excluding hydrogens is 534 g/mol. The predicted molar refractivity (Wildman–Crippen MR) is 171 cm³/mol. The van der Waals surface area contributed by atoms with Crippen LogP contribution >= 0.6 is 0 Å². The van der Waals surface area contributed by atoms with E-state index in [9.17, 15) is 4.79 Å². The lowest BCUT2D eigenvalue weighted by molar-refractivity contribution is -0.131. The number of anilines is 1. The third-order valence-electron chi connectivity index (χ3n) is 9.26. The summed E-state index contributed by atoms with van der Waals surface area (Å²) in [5.74, 6) is 2.58. The van der Waals surface area contributed by atoms with Gasteiger partial charge in [-0.2, -0.15) is 4.98 Å². The minimum Gasteiger partial charge on any atom is -0.354 e. The lowest BCUT2D eigenvalue weighted by atomic mass is 10.0. The molecule has 5 aromatic rings. The van der Waals surface area contributed by atoms with Gasteiger partial charge in [-0.05, 0) is 48.1 Å². The molecule has 2 aliphatic rings. The summed E-state index contributed by atoms with van der Waals surface area (Å²) >= 11 is 0. The number of carbonyl (C=O) groups excluding carboxylic acids is 1. The molecule has 1 saturated carbocycles. The van der Waals surface area contributed by atoms with Crippen LogP contribution in [0.25, 0.3) is 33.1 Å². The predicted octanol–water partition coefficient (Wildman–Crippen LogP) is 7.35. The smallest absolute Gasteiger partial charge is 0.263 e. The maximum Gasteiger partial charge on any atom is 0.263 e. The molecule has 7 nitrogen and oxygen atoms in total. The average molecular weight is 574 g/mol. The van der Waals surface area contributed by atoms with E-state index in [1.165, 1.54) is 36.6 Å². The van der Waals surface area contributed by atoms with E-state index in [1.807, 2.05) is 0 Å². The topological polar surface area (TPSA) is 75.4 Å². The van der Waals surface area contributed by atoms with E-state index in [1.54, 1.807) is 0 Å². The zero-order valence-electron chi connectivity index (χ0n) is 25.0. The number of nitrogens with zero attached hydrogens (tertiary/aromatic N) is 5. The summed E-state index contributed by atoms with van der Waals surface area (Å²) < 4.78 is 5.92. The van der Waals surface area contributed by atoms with E-state index in [-0.39, 0.29) is 0 Å². The largest absolute Gasteiger partial charge is 0.354 e. The Balaban J connectivity index is 1.21. The minimum atomic E-state index is 0.295. The van der Waals surface area contributed by atoms with E-state index in [4.69, 9.17) is 14.5 Å². The van der Waals surface area contributed by atoms with Gasteiger partial charge in [0.25, 0.3) is 5.71 Å². The summed E-state index contributed by atoms with van der Waals surface area (Å²) in [5.41, 5.74) is 4.62. The number of fused-ring (bicyclic) bond motifs is 2. The van der Waals surface area contributed by atoms with Crippen LogP contribution in [0.4, 0.5) is 5.82 Å². The second kappa shape index (κ2) is 12.2. The number of hydrogen-bond acceptors (Lipinski definition) is 6. The lowest BCUT2D eigenvalue weighted by Crippen LogP contribution is -2.35. The molecule has 2 fully saturated rings. The van der Waals surface area contributed by atoms with Crippen molar-refractivity contribution in [3.05, 3.63) is 83.7 Å². The van der Waals surface area contributed by atoms with Crippen molar-refractivity contribution >= 4 is 33.6 Å². The summed E-state index contributed by atoms with van der Waals surface area (Å²) in [7, 11) is 0. The van der Waals surface area contributed by atoms with Gasteiger partial charge in [-0.1, -0.05) is 97.1 Å². The van der Waals surface area contributed by atoms with E-state index in [2.05, 4.69) is 88.6 Å². The normalized spacial score (nSPS) is 16.3. The zero-order valence-corrected chi connectivity index (χ0v) is 25.0. The molecule has 7 heteroatoms. The molecule has 220 valence electrons. The van der Waals surface area contributed by atoms with Gasteiger partial charge in [0, 0.05) is 44.6 Å². The highest BCUT2D eigenvalue weighted by Gasteiger charge is 2.26. The van der Waals surface area contributed by atoms with Crippen LogP contribution in [0.3, 0.4) is 0 Å². The molecule has 3 aromatic carbocycles. The molecule has 7 rings (SSSR count). The third kappa shape index (κ3) is 5.99. The fourth-order valence-electron chi connectivity index (χ4n) is 6.77. The SMILES string of the molecule is Cc1ccc(Cc2nc(N3CCCN(C(=O)CCC4CCCC4)CC3)c3c(-c4ccc5ccccc5c4)noc3n2)cc1. The quantitative estimate of drug-likeness (QED) is 0.203. The van der Waals surface area contributed by atoms with Crippen molar-refractivity contribution in [2.45, 2.75) is 58.3 Å². The van der Waals surface area contributed by atoms with Crippen LogP contribution in [0.5, 0.6) is 0 Å². The number of rotatable bonds is 7. The Labute approximate surface area is 252 Å². The number of hydrogen-bond donors (Lipinski definition) is 0. The Bertz CT molecular complexity index is 1740. The molecule has 1 aliphatic carbocycles. The highest BCUT2D eigenvalue weighted by molar-refractivity contribution is 6.00. The number of benzene rings is 3. The highest BCUT2D eigenvalue weighted by atomic mass is 16.5. The van der Waals surface area contributed by atoms with E-state index < -0.39 is 0 Å². The minimum absolute atomic E-state index is 0.295. The summed E-state index contributed by atoms with van der Waals surface area (Å²) in [6, 6.07) is 23.2. The first-order valence-electron chi connectivity index (χ1n) is 15.8. The van der Waals surface area contributed by atoms with Gasteiger partial charge in [0.2, 0.25) is 5.91 Å². The lowest BCUT2D eigenvalue weighted by Gasteiger charge is -2.24. The molecule has 0 radical (unpaired) electrons. The van der Waals surface area contributed by atoms with Gasteiger partial charge in [-0.3, -0.25) is 4.79 Å². The van der Waals surface area contributed by atoms with Gasteiger partial charge >= 0.3 is 0 Å². The molecule has 3 heterocycles. The van der Waals surface area contributed by atoms with Gasteiger partial charge < -0.3 is 14.3 Å². The first-order chi connectivity index (χ1) is 21.1. The molecule has 0 unspecified atom stereocenters. The van der Waals surface area contributed by atoms with Crippen LogP contribution in [0, 0.1) is 12.8 Å². The fourth-order valence-corrected chi connectivity index (χ4v) is 6.77. The van der Waals surface area contributed by atoms with Crippen molar-refractivity contribution in [3.8, 4) is 11.3 Å². The van der Waals surface area contributed by atoms with Crippen LogP contribution in [-0.2, 0) is 11.2 Å². The fraction of sp³-hybridized carbons (Fsp3) is 0.389. The Morgan fingerprint density at radius 2 is 1.70 bits per heavy atom. The Morgan fingerprint density at radius 3 is 2.53 bits per heavy atom. The number of carbonyl (C=O) groups is 1. The molecule has 0 N–H and O–H groups in total. The number of aryl methyl sites for hydroxylation is 1. The maximum absolute atomic E-state index is 13.2. The first-order valence-corrected chi connectivity index (χ1v) is 15.8. The van der Waals surface area contributed by atoms with Crippen LogP contribution in [0.2, 0.25) is 0 Å². The Hall–Kier alpha value is -4.26. The molecule has 0 atom stereocenters. The molecule has 1 amide bonds. The third-order valence-corrected chi connectivity index (χ3v) is 9.26.